The van der Waals surface area contributed by atoms with Crippen LogP contribution < -0.4 is 0 Å². The zero-order valence-corrected chi connectivity index (χ0v) is 10.6. The lowest BCUT2D eigenvalue weighted by Crippen LogP contribution is -2.40. The highest BCUT2D eigenvalue weighted by Crippen LogP contribution is 2.05. The van der Waals surface area contributed by atoms with Gasteiger partial charge in [0, 0.05) is 33.8 Å². The second-order valence-corrected chi connectivity index (χ2v) is 5.72. The molecule has 0 aromatic heterocycles. The van der Waals surface area contributed by atoms with Crippen LogP contribution in [0.1, 0.15) is 26.2 Å². The molecule has 0 rings (SSSR count). The minimum atomic E-state index is -3.33. The van der Waals surface area contributed by atoms with Crippen LogP contribution in [0.5, 0.6) is 0 Å². The predicted octanol–water partition coefficient (Wildman–Crippen LogP) is 0.277. The molecule has 0 saturated carbocycles. The molecule has 15 heavy (non-hydrogen) atoms. The molecule has 0 unspecified atom stereocenters. The summed E-state index contributed by atoms with van der Waals surface area (Å²) in [6.07, 6.45) is 2.31. The standard InChI is InChI=1S/C9H22N2O3S/c1-4-5-7-10(2)15(13,14)11(3)8-6-9-12/h12H,4-9H2,1-3H3. The molecule has 0 radical (unpaired) electrons. The van der Waals surface area contributed by atoms with Gasteiger partial charge in [0.25, 0.3) is 10.2 Å². The van der Waals surface area contributed by atoms with Crippen molar-refractivity contribution in [3.63, 3.8) is 0 Å². The van der Waals surface area contributed by atoms with Crippen LogP contribution in [0.15, 0.2) is 0 Å². The molecule has 92 valence electrons. The Balaban J connectivity index is 4.25. The quantitative estimate of drug-likeness (QED) is 0.660. The molecule has 0 spiro atoms. The summed E-state index contributed by atoms with van der Waals surface area (Å²) in [5, 5.41) is 8.63. The average Bonchev–Trinajstić information content (AvgIpc) is 2.21. The SMILES string of the molecule is CCCCN(C)S(=O)(=O)N(C)CCCO. The highest BCUT2D eigenvalue weighted by atomic mass is 32.2. The Morgan fingerprint density at radius 2 is 1.53 bits per heavy atom. The van der Waals surface area contributed by atoms with Gasteiger partial charge in [0.05, 0.1) is 0 Å². The van der Waals surface area contributed by atoms with Gasteiger partial charge in [-0.2, -0.15) is 17.0 Å². The summed E-state index contributed by atoms with van der Waals surface area (Å²) in [6, 6.07) is 0. The van der Waals surface area contributed by atoms with Crippen molar-refractivity contribution < 1.29 is 13.5 Å². The van der Waals surface area contributed by atoms with E-state index in [1.165, 1.54) is 15.7 Å². The van der Waals surface area contributed by atoms with Crippen molar-refractivity contribution in [1.82, 2.24) is 8.61 Å². The van der Waals surface area contributed by atoms with Crippen LogP contribution in [0, 0.1) is 0 Å². The number of hydrogen-bond donors (Lipinski definition) is 1. The summed E-state index contributed by atoms with van der Waals surface area (Å²) in [6.45, 7) is 2.94. The topological polar surface area (TPSA) is 60.9 Å². The van der Waals surface area contributed by atoms with E-state index in [9.17, 15) is 8.42 Å². The molecule has 0 fully saturated rings. The van der Waals surface area contributed by atoms with Crippen molar-refractivity contribution in [2.75, 3.05) is 33.8 Å². The molecule has 0 amide bonds. The minimum absolute atomic E-state index is 0.0124. The summed E-state index contributed by atoms with van der Waals surface area (Å²) in [7, 11) is -0.209. The third-order valence-corrected chi connectivity index (χ3v) is 4.19. The van der Waals surface area contributed by atoms with Gasteiger partial charge in [-0.3, -0.25) is 0 Å². The number of aliphatic hydroxyl groups excluding tert-OH is 1. The highest BCUT2D eigenvalue weighted by Gasteiger charge is 2.22. The fourth-order valence-electron chi connectivity index (χ4n) is 1.14. The van der Waals surface area contributed by atoms with E-state index >= 15 is 0 Å². The molecule has 5 nitrogen and oxygen atoms in total. The number of hydrogen-bond acceptors (Lipinski definition) is 3. The third kappa shape index (κ3) is 4.92. The molecule has 6 heteroatoms. The maximum absolute atomic E-state index is 11.8. The largest absolute Gasteiger partial charge is 0.396 e. The third-order valence-electron chi connectivity index (χ3n) is 2.25. The molecule has 0 bridgehead atoms. The Bertz CT molecular complexity index is 234. The summed E-state index contributed by atoms with van der Waals surface area (Å²) in [5.74, 6) is 0. The zero-order chi connectivity index (χ0) is 11.9. The summed E-state index contributed by atoms with van der Waals surface area (Å²) < 4.78 is 26.3. The number of rotatable bonds is 8. The van der Waals surface area contributed by atoms with Gasteiger partial charge in [0.1, 0.15) is 0 Å². The van der Waals surface area contributed by atoms with Gasteiger partial charge in [0.2, 0.25) is 0 Å². The lowest BCUT2D eigenvalue weighted by Gasteiger charge is -2.23. The Labute approximate surface area is 92.9 Å². The van der Waals surface area contributed by atoms with E-state index in [1.807, 2.05) is 6.92 Å². The molecule has 0 saturated heterocycles. The molecule has 0 aliphatic heterocycles. The molecule has 0 heterocycles. The Hall–Kier alpha value is -0.170. The van der Waals surface area contributed by atoms with Gasteiger partial charge in [-0.15, -0.1) is 0 Å². The number of aliphatic hydroxyl groups is 1. The fourth-order valence-corrected chi connectivity index (χ4v) is 2.34. The first kappa shape index (κ1) is 14.8. The predicted molar refractivity (Wildman–Crippen MR) is 60.8 cm³/mol. The Morgan fingerprint density at radius 3 is 1.93 bits per heavy atom. The first-order valence-electron chi connectivity index (χ1n) is 5.25. The monoisotopic (exact) mass is 238 g/mol. The molecule has 0 aromatic carbocycles. The van der Waals surface area contributed by atoms with Crippen molar-refractivity contribution in [2.45, 2.75) is 26.2 Å². The summed E-state index contributed by atoms with van der Waals surface area (Å²) >= 11 is 0. The van der Waals surface area contributed by atoms with Crippen molar-refractivity contribution in [3.05, 3.63) is 0 Å². The van der Waals surface area contributed by atoms with Crippen LogP contribution in [0.2, 0.25) is 0 Å². The van der Waals surface area contributed by atoms with Gasteiger partial charge >= 0.3 is 0 Å². The van der Waals surface area contributed by atoms with Crippen molar-refractivity contribution >= 4 is 10.2 Å². The van der Waals surface area contributed by atoms with E-state index in [0.717, 1.165) is 12.8 Å². The van der Waals surface area contributed by atoms with Gasteiger partial charge in [0.15, 0.2) is 0 Å². The van der Waals surface area contributed by atoms with E-state index in [-0.39, 0.29) is 6.61 Å². The lowest BCUT2D eigenvalue weighted by atomic mass is 10.3. The minimum Gasteiger partial charge on any atom is -0.396 e. The summed E-state index contributed by atoms with van der Waals surface area (Å²) in [5.41, 5.74) is 0. The first-order valence-corrected chi connectivity index (χ1v) is 6.65. The first-order chi connectivity index (χ1) is 6.96. The molecule has 0 aromatic rings. The van der Waals surface area contributed by atoms with E-state index in [1.54, 1.807) is 7.05 Å². The average molecular weight is 238 g/mol. The zero-order valence-electron chi connectivity index (χ0n) is 9.81. The highest BCUT2D eigenvalue weighted by molar-refractivity contribution is 7.86. The van der Waals surface area contributed by atoms with Gasteiger partial charge in [-0.25, -0.2) is 0 Å². The van der Waals surface area contributed by atoms with Crippen molar-refractivity contribution in [2.24, 2.45) is 0 Å². The van der Waals surface area contributed by atoms with E-state index in [2.05, 4.69) is 0 Å². The Kier molecular flexibility index (Phi) is 7.08. The molecule has 0 atom stereocenters. The van der Waals surface area contributed by atoms with Gasteiger partial charge in [-0.05, 0) is 12.8 Å². The molecular weight excluding hydrogens is 216 g/mol. The normalized spacial score (nSPS) is 12.7. The number of unbranched alkanes of at least 4 members (excludes halogenated alkanes) is 1. The molecular formula is C9H22N2O3S. The smallest absolute Gasteiger partial charge is 0.281 e. The fraction of sp³-hybridized carbons (Fsp3) is 1.00. The van der Waals surface area contributed by atoms with E-state index in [4.69, 9.17) is 5.11 Å². The second kappa shape index (κ2) is 7.16. The maximum Gasteiger partial charge on any atom is 0.281 e. The lowest BCUT2D eigenvalue weighted by molar-refractivity contribution is 0.272. The van der Waals surface area contributed by atoms with Crippen LogP contribution >= 0.6 is 0 Å². The van der Waals surface area contributed by atoms with Gasteiger partial charge in [-0.1, -0.05) is 13.3 Å². The molecule has 0 aliphatic rings. The van der Waals surface area contributed by atoms with Crippen LogP contribution in [-0.4, -0.2) is 55.9 Å². The summed E-state index contributed by atoms with van der Waals surface area (Å²) in [4.78, 5) is 0. The van der Waals surface area contributed by atoms with E-state index < -0.39 is 10.2 Å². The molecule has 0 aliphatic carbocycles. The van der Waals surface area contributed by atoms with Crippen molar-refractivity contribution in [1.29, 1.82) is 0 Å². The number of nitrogens with zero attached hydrogens (tertiary/aromatic N) is 2. The maximum atomic E-state index is 11.8. The van der Waals surface area contributed by atoms with Crippen LogP contribution in [0.3, 0.4) is 0 Å². The molecule has 1 N–H and O–H groups in total. The van der Waals surface area contributed by atoms with Crippen molar-refractivity contribution in [3.8, 4) is 0 Å². The van der Waals surface area contributed by atoms with E-state index in [0.29, 0.717) is 19.5 Å². The second-order valence-electron chi connectivity index (χ2n) is 3.58. The van der Waals surface area contributed by atoms with Crippen LogP contribution in [0.25, 0.3) is 0 Å². The van der Waals surface area contributed by atoms with Gasteiger partial charge < -0.3 is 5.11 Å². The Morgan fingerprint density at radius 1 is 1.07 bits per heavy atom. The van der Waals surface area contributed by atoms with Crippen LogP contribution in [0.4, 0.5) is 0 Å². The van der Waals surface area contributed by atoms with Crippen LogP contribution in [-0.2, 0) is 10.2 Å².